The summed E-state index contributed by atoms with van der Waals surface area (Å²) in [5.74, 6) is 0.0463. The predicted octanol–water partition coefficient (Wildman–Crippen LogP) is 1.80. The second-order valence-electron chi connectivity index (χ2n) is 6.00. The van der Waals surface area contributed by atoms with Gasteiger partial charge in [-0.25, -0.2) is 0 Å². The average Bonchev–Trinajstić information content (AvgIpc) is 2.65. The van der Waals surface area contributed by atoms with Crippen molar-refractivity contribution >= 4 is 5.97 Å². The molecule has 0 unspecified atom stereocenters. The van der Waals surface area contributed by atoms with Crippen LogP contribution in [0.5, 0.6) is 0 Å². The molecule has 2 aliphatic carbocycles. The highest BCUT2D eigenvalue weighted by Crippen LogP contribution is 2.57. The van der Waals surface area contributed by atoms with E-state index in [1.807, 2.05) is 0 Å². The minimum atomic E-state index is -0.915. The number of hydrogen-bond acceptors (Lipinski definition) is 3. The van der Waals surface area contributed by atoms with E-state index < -0.39 is 5.60 Å². The molecule has 1 N–H and O–H groups in total. The highest BCUT2D eigenvalue weighted by molar-refractivity contribution is 5.73. The number of hydrogen-bond donors (Lipinski definition) is 1. The third-order valence-corrected chi connectivity index (χ3v) is 4.69. The topological polar surface area (TPSA) is 46.5 Å². The van der Waals surface area contributed by atoms with E-state index in [1.165, 1.54) is 0 Å². The first-order valence-electron chi connectivity index (χ1n) is 6.06. The van der Waals surface area contributed by atoms with Gasteiger partial charge in [0.1, 0.15) is 11.7 Å². The molecule has 0 spiro atoms. The number of fused-ring (bicyclic) bond motifs is 3. The summed E-state index contributed by atoms with van der Waals surface area (Å²) in [4.78, 5) is 11.3. The van der Waals surface area contributed by atoms with Crippen LogP contribution in [0.4, 0.5) is 0 Å². The fourth-order valence-electron chi connectivity index (χ4n) is 3.69. The number of esters is 1. The lowest BCUT2D eigenvalue weighted by Gasteiger charge is -2.46. The van der Waals surface area contributed by atoms with Gasteiger partial charge in [0.15, 0.2) is 0 Å². The van der Waals surface area contributed by atoms with E-state index in [1.54, 1.807) is 0 Å². The molecule has 1 aliphatic heterocycles. The van der Waals surface area contributed by atoms with E-state index in [4.69, 9.17) is 4.74 Å². The standard InChI is InChI=1S/C13H18O3/c1-12(2)5-3-4-9-6-8-7-10(14)16-11(8)13(9,12)15/h4,8,11,15H,3,5-7H2,1-2H3/t8-,11+,13-/m0/s1. The Kier molecular flexibility index (Phi) is 1.87. The van der Waals surface area contributed by atoms with Crippen LogP contribution in [0.25, 0.3) is 0 Å². The Labute approximate surface area is 95.5 Å². The van der Waals surface area contributed by atoms with Crippen LogP contribution in [0.2, 0.25) is 0 Å². The number of rotatable bonds is 0. The van der Waals surface area contributed by atoms with Crippen molar-refractivity contribution in [2.24, 2.45) is 11.3 Å². The van der Waals surface area contributed by atoms with Crippen molar-refractivity contribution in [3.63, 3.8) is 0 Å². The zero-order chi connectivity index (χ0) is 11.6. The molecule has 0 amide bonds. The molecule has 3 heteroatoms. The molecule has 0 radical (unpaired) electrons. The Balaban J connectivity index is 2.07. The van der Waals surface area contributed by atoms with Crippen LogP contribution >= 0.6 is 0 Å². The summed E-state index contributed by atoms with van der Waals surface area (Å²) >= 11 is 0. The van der Waals surface area contributed by atoms with Gasteiger partial charge < -0.3 is 9.84 Å². The highest BCUT2D eigenvalue weighted by atomic mass is 16.6. The largest absolute Gasteiger partial charge is 0.459 e. The number of aliphatic hydroxyl groups is 1. The Bertz CT molecular complexity index is 383. The summed E-state index contributed by atoms with van der Waals surface area (Å²) in [5, 5.41) is 11.0. The van der Waals surface area contributed by atoms with Gasteiger partial charge in [0.2, 0.25) is 0 Å². The lowest BCUT2D eigenvalue weighted by atomic mass is 9.65. The molecule has 88 valence electrons. The summed E-state index contributed by atoms with van der Waals surface area (Å²) in [6.07, 6.45) is 5.13. The van der Waals surface area contributed by atoms with Crippen LogP contribution in [0.3, 0.4) is 0 Å². The number of allylic oxidation sites excluding steroid dienone is 1. The van der Waals surface area contributed by atoms with Crippen molar-refractivity contribution in [1.82, 2.24) is 0 Å². The third kappa shape index (κ3) is 1.05. The summed E-state index contributed by atoms with van der Waals surface area (Å²) in [7, 11) is 0. The van der Waals surface area contributed by atoms with Crippen molar-refractivity contribution in [1.29, 1.82) is 0 Å². The van der Waals surface area contributed by atoms with Crippen molar-refractivity contribution in [2.75, 3.05) is 0 Å². The van der Waals surface area contributed by atoms with Gasteiger partial charge in [0.25, 0.3) is 0 Å². The molecule has 1 heterocycles. The van der Waals surface area contributed by atoms with Gasteiger partial charge in [-0.15, -0.1) is 0 Å². The second-order valence-corrected chi connectivity index (χ2v) is 6.00. The van der Waals surface area contributed by atoms with Gasteiger partial charge >= 0.3 is 5.97 Å². The van der Waals surface area contributed by atoms with Crippen LogP contribution in [-0.4, -0.2) is 22.8 Å². The van der Waals surface area contributed by atoms with E-state index in [-0.39, 0.29) is 23.4 Å². The molecule has 3 atom stereocenters. The normalized spacial score (nSPS) is 44.7. The fourth-order valence-corrected chi connectivity index (χ4v) is 3.69. The number of carbonyl (C=O) groups excluding carboxylic acids is 1. The molecule has 16 heavy (non-hydrogen) atoms. The maximum atomic E-state index is 11.3. The summed E-state index contributed by atoms with van der Waals surface area (Å²) in [6, 6.07) is 0. The molecule has 3 nitrogen and oxygen atoms in total. The van der Waals surface area contributed by atoms with Crippen LogP contribution in [0, 0.1) is 11.3 Å². The monoisotopic (exact) mass is 222 g/mol. The maximum Gasteiger partial charge on any atom is 0.306 e. The van der Waals surface area contributed by atoms with Gasteiger partial charge in [-0.05, 0) is 24.8 Å². The lowest BCUT2D eigenvalue weighted by Crippen LogP contribution is -2.54. The molecule has 3 aliphatic rings. The summed E-state index contributed by atoms with van der Waals surface area (Å²) < 4.78 is 5.36. The summed E-state index contributed by atoms with van der Waals surface area (Å²) in [5.41, 5.74) is -0.00493. The van der Waals surface area contributed by atoms with Gasteiger partial charge in [-0.2, -0.15) is 0 Å². The van der Waals surface area contributed by atoms with E-state index in [0.29, 0.717) is 6.42 Å². The SMILES string of the molecule is CC1(C)CCC=C2C[C@H]3CC(=O)O[C@H]3[C@@]21O. The molecule has 1 saturated carbocycles. The first-order chi connectivity index (χ1) is 7.45. The minimum absolute atomic E-state index is 0.149. The van der Waals surface area contributed by atoms with E-state index in [0.717, 1.165) is 24.8 Å². The molecule has 0 aromatic carbocycles. The first kappa shape index (κ1) is 10.3. The third-order valence-electron chi connectivity index (χ3n) is 4.69. The van der Waals surface area contributed by atoms with E-state index in [9.17, 15) is 9.90 Å². The van der Waals surface area contributed by atoms with Crippen LogP contribution < -0.4 is 0 Å². The number of carbonyl (C=O) groups is 1. The quantitative estimate of drug-likeness (QED) is 0.502. The zero-order valence-electron chi connectivity index (χ0n) is 9.82. The van der Waals surface area contributed by atoms with Gasteiger partial charge in [-0.1, -0.05) is 19.9 Å². The highest BCUT2D eigenvalue weighted by Gasteiger charge is 2.63. The van der Waals surface area contributed by atoms with Crippen LogP contribution in [0.1, 0.15) is 39.5 Å². The lowest BCUT2D eigenvalue weighted by molar-refractivity contribution is -0.161. The predicted molar refractivity (Wildman–Crippen MR) is 58.7 cm³/mol. The molecular weight excluding hydrogens is 204 g/mol. The number of ether oxygens (including phenoxy) is 1. The van der Waals surface area contributed by atoms with Crippen LogP contribution in [-0.2, 0) is 9.53 Å². The second kappa shape index (κ2) is 2.89. The molecule has 0 aromatic rings. The van der Waals surface area contributed by atoms with Crippen molar-refractivity contribution in [2.45, 2.75) is 51.2 Å². The molecule has 1 saturated heterocycles. The van der Waals surface area contributed by atoms with Crippen molar-refractivity contribution in [3.8, 4) is 0 Å². The molecule has 0 aromatic heterocycles. The van der Waals surface area contributed by atoms with Gasteiger partial charge in [0, 0.05) is 11.3 Å². The van der Waals surface area contributed by atoms with Crippen LogP contribution in [0.15, 0.2) is 11.6 Å². The van der Waals surface area contributed by atoms with E-state index >= 15 is 0 Å². The molecule has 0 bridgehead atoms. The molecule has 3 rings (SSSR count). The Hall–Kier alpha value is -0.830. The average molecular weight is 222 g/mol. The molecule has 2 fully saturated rings. The minimum Gasteiger partial charge on any atom is -0.459 e. The van der Waals surface area contributed by atoms with E-state index in [2.05, 4.69) is 19.9 Å². The zero-order valence-corrected chi connectivity index (χ0v) is 9.82. The Morgan fingerprint density at radius 3 is 2.94 bits per heavy atom. The summed E-state index contributed by atoms with van der Waals surface area (Å²) in [6.45, 7) is 4.16. The van der Waals surface area contributed by atoms with Gasteiger partial charge in [0.05, 0.1) is 6.42 Å². The van der Waals surface area contributed by atoms with Gasteiger partial charge in [-0.3, -0.25) is 4.79 Å². The smallest absolute Gasteiger partial charge is 0.306 e. The fraction of sp³-hybridized carbons (Fsp3) is 0.769. The Morgan fingerprint density at radius 2 is 2.19 bits per heavy atom. The Morgan fingerprint density at radius 1 is 1.44 bits per heavy atom. The van der Waals surface area contributed by atoms with Crippen molar-refractivity contribution in [3.05, 3.63) is 11.6 Å². The first-order valence-corrected chi connectivity index (χ1v) is 6.06. The maximum absolute atomic E-state index is 11.3. The molecular formula is C13H18O3. The van der Waals surface area contributed by atoms with Crippen molar-refractivity contribution < 1.29 is 14.6 Å².